The summed E-state index contributed by atoms with van der Waals surface area (Å²) in [5.41, 5.74) is 6.48. The van der Waals surface area contributed by atoms with Gasteiger partial charge in [0.05, 0.1) is 6.26 Å². The number of imidazole rings is 1. The van der Waals surface area contributed by atoms with Crippen LogP contribution in [0, 0.1) is 17.8 Å². The number of primary amides is 1. The molecule has 4 fully saturated rings. The maximum atomic E-state index is 13.5. The van der Waals surface area contributed by atoms with Crippen LogP contribution in [0.3, 0.4) is 0 Å². The minimum absolute atomic E-state index is 0.0345. The summed E-state index contributed by atoms with van der Waals surface area (Å²) < 4.78 is 7.02. The van der Waals surface area contributed by atoms with Crippen LogP contribution in [0.5, 0.6) is 0 Å². The number of hydrogen-bond acceptors (Lipinski definition) is 5. The van der Waals surface area contributed by atoms with Crippen molar-refractivity contribution in [2.75, 3.05) is 0 Å². The first-order valence-electron chi connectivity index (χ1n) is 10.5. The summed E-state index contributed by atoms with van der Waals surface area (Å²) >= 11 is 0. The van der Waals surface area contributed by atoms with Crippen molar-refractivity contribution in [3.8, 4) is 11.5 Å². The van der Waals surface area contributed by atoms with Crippen LogP contribution >= 0.6 is 0 Å². The average Bonchev–Trinajstić information content (AvgIpc) is 3.35. The molecule has 3 N–H and O–H groups in total. The van der Waals surface area contributed by atoms with Crippen molar-refractivity contribution in [2.24, 2.45) is 23.5 Å². The third-order valence-corrected chi connectivity index (χ3v) is 7.16. The number of furan rings is 1. The Labute approximate surface area is 172 Å². The van der Waals surface area contributed by atoms with Gasteiger partial charge < -0.3 is 15.5 Å². The van der Waals surface area contributed by atoms with E-state index < -0.39 is 5.91 Å². The van der Waals surface area contributed by atoms with Crippen LogP contribution in [-0.4, -0.2) is 31.7 Å². The van der Waals surface area contributed by atoms with Gasteiger partial charge in [-0.15, -0.1) is 0 Å². The molecular formula is C22H23N5O3. The molecule has 0 spiro atoms. The molecule has 2 amide bonds. The van der Waals surface area contributed by atoms with Gasteiger partial charge in [-0.05, 0) is 74.5 Å². The van der Waals surface area contributed by atoms with E-state index in [1.54, 1.807) is 28.9 Å². The number of amides is 2. The Morgan fingerprint density at radius 3 is 2.47 bits per heavy atom. The predicted molar refractivity (Wildman–Crippen MR) is 108 cm³/mol. The molecule has 4 aliphatic rings. The van der Waals surface area contributed by atoms with Crippen LogP contribution in [-0.2, 0) is 0 Å². The average molecular weight is 405 g/mol. The van der Waals surface area contributed by atoms with Crippen molar-refractivity contribution >= 4 is 17.5 Å². The van der Waals surface area contributed by atoms with Crippen molar-refractivity contribution in [3.63, 3.8) is 0 Å². The molecule has 4 saturated carbocycles. The third-order valence-electron chi connectivity index (χ3n) is 7.16. The molecule has 154 valence electrons. The fourth-order valence-corrected chi connectivity index (χ4v) is 6.44. The normalized spacial score (nSPS) is 29.4. The highest BCUT2D eigenvalue weighted by atomic mass is 16.3. The fraction of sp³-hybridized carbons (Fsp3) is 0.455. The van der Waals surface area contributed by atoms with Crippen LogP contribution in [0.4, 0.5) is 0 Å². The molecule has 3 heterocycles. The van der Waals surface area contributed by atoms with E-state index in [0.29, 0.717) is 17.1 Å². The maximum absolute atomic E-state index is 13.5. The number of nitrogens with zero attached hydrogens (tertiary/aromatic N) is 3. The maximum Gasteiger partial charge on any atom is 0.271 e. The molecule has 4 bridgehead atoms. The molecular weight excluding hydrogens is 382 g/mol. The smallest absolute Gasteiger partial charge is 0.271 e. The van der Waals surface area contributed by atoms with Gasteiger partial charge in [0.25, 0.3) is 11.8 Å². The molecule has 0 aliphatic heterocycles. The second-order valence-corrected chi connectivity index (χ2v) is 9.31. The first kappa shape index (κ1) is 17.7. The van der Waals surface area contributed by atoms with Gasteiger partial charge in [-0.3, -0.25) is 14.0 Å². The van der Waals surface area contributed by atoms with Crippen LogP contribution < -0.4 is 11.1 Å². The first-order valence-corrected chi connectivity index (χ1v) is 10.5. The molecule has 0 radical (unpaired) electrons. The highest BCUT2D eigenvalue weighted by Gasteiger charge is 2.51. The molecule has 0 aromatic carbocycles. The topological polar surface area (TPSA) is 116 Å². The van der Waals surface area contributed by atoms with Crippen LogP contribution in [0.1, 0.15) is 59.5 Å². The van der Waals surface area contributed by atoms with E-state index in [4.69, 9.17) is 10.2 Å². The summed E-state index contributed by atoms with van der Waals surface area (Å²) in [5.74, 6) is 1.82. The van der Waals surface area contributed by atoms with Gasteiger partial charge in [-0.2, -0.15) is 0 Å². The summed E-state index contributed by atoms with van der Waals surface area (Å²) in [6, 6.07) is 5.20. The van der Waals surface area contributed by atoms with E-state index >= 15 is 0 Å². The van der Waals surface area contributed by atoms with Gasteiger partial charge in [-0.25, -0.2) is 9.97 Å². The Bertz CT molecular complexity index is 1130. The van der Waals surface area contributed by atoms with Crippen molar-refractivity contribution in [1.82, 2.24) is 19.7 Å². The van der Waals surface area contributed by atoms with Crippen LogP contribution in [0.15, 0.2) is 35.2 Å². The highest BCUT2D eigenvalue weighted by Crippen LogP contribution is 2.55. The predicted octanol–water partition coefficient (Wildman–Crippen LogP) is 2.79. The number of nitrogens with one attached hydrogen (secondary N) is 1. The van der Waals surface area contributed by atoms with Gasteiger partial charge in [-0.1, -0.05) is 0 Å². The quantitative estimate of drug-likeness (QED) is 0.692. The number of aromatic nitrogens is 3. The van der Waals surface area contributed by atoms with Gasteiger partial charge in [0.1, 0.15) is 17.7 Å². The van der Waals surface area contributed by atoms with Gasteiger partial charge in [0.2, 0.25) is 0 Å². The molecule has 30 heavy (non-hydrogen) atoms. The van der Waals surface area contributed by atoms with Gasteiger partial charge in [0, 0.05) is 5.54 Å². The number of fused-ring (bicyclic) bond motifs is 1. The van der Waals surface area contributed by atoms with Crippen molar-refractivity contribution in [1.29, 1.82) is 0 Å². The number of carbonyl (C=O) groups is 2. The first-order chi connectivity index (χ1) is 14.5. The van der Waals surface area contributed by atoms with Crippen molar-refractivity contribution in [3.05, 3.63) is 42.2 Å². The molecule has 8 heteroatoms. The van der Waals surface area contributed by atoms with E-state index in [1.807, 2.05) is 0 Å². The Kier molecular flexibility index (Phi) is 3.63. The lowest BCUT2D eigenvalue weighted by Crippen LogP contribution is -2.60. The summed E-state index contributed by atoms with van der Waals surface area (Å²) in [4.78, 5) is 33.9. The molecule has 8 nitrogen and oxygen atoms in total. The van der Waals surface area contributed by atoms with E-state index in [-0.39, 0.29) is 22.8 Å². The lowest BCUT2D eigenvalue weighted by molar-refractivity contribution is -0.0168. The summed E-state index contributed by atoms with van der Waals surface area (Å²) in [6.07, 6.45) is 10.1. The molecule has 3 aromatic heterocycles. The minimum Gasteiger partial charge on any atom is -0.463 e. The van der Waals surface area contributed by atoms with E-state index in [9.17, 15) is 9.59 Å². The van der Waals surface area contributed by atoms with Crippen molar-refractivity contribution in [2.45, 2.75) is 44.1 Å². The van der Waals surface area contributed by atoms with E-state index in [1.165, 1.54) is 25.6 Å². The lowest BCUT2D eigenvalue weighted by atomic mass is 9.53. The number of carbonyl (C=O) groups excluding carboxylic acids is 2. The zero-order valence-electron chi connectivity index (χ0n) is 16.5. The van der Waals surface area contributed by atoms with E-state index in [2.05, 4.69) is 15.3 Å². The third kappa shape index (κ3) is 2.66. The van der Waals surface area contributed by atoms with Gasteiger partial charge >= 0.3 is 0 Å². The zero-order valence-corrected chi connectivity index (χ0v) is 16.5. The van der Waals surface area contributed by atoms with E-state index in [0.717, 1.165) is 37.0 Å². The molecule has 7 rings (SSSR count). The Morgan fingerprint density at radius 2 is 1.87 bits per heavy atom. The standard InChI is InChI=1S/C22H23N5O3/c23-19(28)18-20-25-15(17-2-1-3-30-17)7-16(27(20)11-24-18)21(29)26-22-8-12-4-13(9-22)6-14(5-12)10-22/h1-3,7,11-14H,4-6,8-10H2,(H2,23,28)(H,26,29). The van der Waals surface area contributed by atoms with Crippen LogP contribution in [0.25, 0.3) is 17.1 Å². The van der Waals surface area contributed by atoms with Crippen LogP contribution in [0.2, 0.25) is 0 Å². The minimum atomic E-state index is -0.686. The Hall–Kier alpha value is -3.16. The zero-order chi connectivity index (χ0) is 20.5. The Morgan fingerprint density at radius 1 is 1.17 bits per heavy atom. The number of rotatable bonds is 4. The number of hydrogen-bond donors (Lipinski definition) is 2. The fourth-order valence-electron chi connectivity index (χ4n) is 6.44. The monoisotopic (exact) mass is 405 g/mol. The SMILES string of the molecule is NC(=O)c1ncn2c(C(=O)NC34CC5CC(CC(C5)C3)C4)cc(-c3ccco3)nc12. The van der Waals surface area contributed by atoms with Crippen molar-refractivity contribution < 1.29 is 14.0 Å². The highest BCUT2D eigenvalue weighted by molar-refractivity contribution is 5.99. The molecule has 0 saturated heterocycles. The van der Waals surface area contributed by atoms with Gasteiger partial charge in [0.15, 0.2) is 17.1 Å². The largest absolute Gasteiger partial charge is 0.463 e. The second kappa shape index (κ2) is 6.17. The molecule has 0 unspecified atom stereocenters. The Balaban J connectivity index is 1.42. The summed E-state index contributed by atoms with van der Waals surface area (Å²) in [6.45, 7) is 0. The summed E-state index contributed by atoms with van der Waals surface area (Å²) in [5, 5.41) is 3.38. The molecule has 0 atom stereocenters. The summed E-state index contributed by atoms with van der Waals surface area (Å²) in [7, 11) is 0. The molecule has 3 aromatic rings. The second-order valence-electron chi connectivity index (χ2n) is 9.31. The number of nitrogens with two attached hydrogens (primary N) is 1. The lowest BCUT2D eigenvalue weighted by Gasteiger charge is -2.56. The molecule has 4 aliphatic carbocycles.